The van der Waals surface area contributed by atoms with Crippen molar-refractivity contribution in [3.05, 3.63) is 30.1 Å². The first kappa shape index (κ1) is 13.0. The van der Waals surface area contributed by atoms with Crippen LogP contribution in [0.25, 0.3) is 0 Å². The Labute approximate surface area is 93.8 Å². The number of alkyl halides is 2. The molecule has 16 heavy (non-hydrogen) atoms. The molecule has 0 fully saturated rings. The first-order valence-corrected chi connectivity index (χ1v) is 5.24. The fraction of sp³-hybridized carbons (Fsp3) is 0.545. The summed E-state index contributed by atoms with van der Waals surface area (Å²) in [4.78, 5) is 3.92. The lowest BCUT2D eigenvalue weighted by Crippen LogP contribution is -2.23. The zero-order valence-corrected chi connectivity index (χ0v) is 9.03. The minimum Gasteiger partial charge on any atom is -0.374 e. The first-order chi connectivity index (χ1) is 7.79. The van der Waals surface area contributed by atoms with E-state index in [2.05, 4.69) is 10.3 Å². The second-order valence-corrected chi connectivity index (χ2v) is 3.32. The van der Waals surface area contributed by atoms with E-state index < -0.39 is 13.0 Å². The second kappa shape index (κ2) is 8.13. The number of rotatable bonds is 8. The van der Waals surface area contributed by atoms with Crippen LogP contribution in [-0.4, -0.2) is 37.7 Å². The molecule has 1 rings (SSSR count). The van der Waals surface area contributed by atoms with Crippen molar-refractivity contribution in [1.82, 2.24) is 10.3 Å². The van der Waals surface area contributed by atoms with Gasteiger partial charge in [-0.05, 0) is 30.7 Å². The highest BCUT2D eigenvalue weighted by Gasteiger charge is 2.00. The average molecular weight is 230 g/mol. The maximum Gasteiger partial charge on any atom is 0.261 e. The molecule has 0 spiro atoms. The van der Waals surface area contributed by atoms with Gasteiger partial charge >= 0.3 is 0 Å². The van der Waals surface area contributed by atoms with Gasteiger partial charge in [0, 0.05) is 18.9 Å². The molecule has 0 aliphatic carbocycles. The zero-order chi connectivity index (χ0) is 11.6. The molecule has 5 heteroatoms. The number of hydrogen-bond donors (Lipinski definition) is 1. The van der Waals surface area contributed by atoms with Crippen molar-refractivity contribution in [1.29, 1.82) is 0 Å². The van der Waals surface area contributed by atoms with Gasteiger partial charge in [0.25, 0.3) is 6.43 Å². The van der Waals surface area contributed by atoms with E-state index in [0.717, 1.165) is 13.0 Å². The summed E-state index contributed by atoms with van der Waals surface area (Å²) in [6.07, 6.45) is 2.02. The first-order valence-electron chi connectivity index (χ1n) is 5.24. The van der Waals surface area contributed by atoms with Crippen molar-refractivity contribution in [3.63, 3.8) is 0 Å². The van der Waals surface area contributed by atoms with E-state index in [9.17, 15) is 8.78 Å². The molecule has 1 aromatic rings. The van der Waals surface area contributed by atoms with Gasteiger partial charge in [0.1, 0.15) is 6.61 Å². The van der Waals surface area contributed by atoms with Crippen molar-refractivity contribution < 1.29 is 13.5 Å². The lowest BCUT2D eigenvalue weighted by molar-refractivity contribution is 0.0188. The predicted octanol–water partition coefficient (Wildman–Crippen LogP) is 1.50. The third-order valence-corrected chi connectivity index (χ3v) is 2.01. The van der Waals surface area contributed by atoms with Gasteiger partial charge in [-0.1, -0.05) is 0 Å². The average Bonchev–Trinajstić information content (AvgIpc) is 2.29. The predicted molar refractivity (Wildman–Crippen MR) is 57.6 cm³/mol. The summed E-state index contributed by atoms with van der Waals surface area (Å²) in [7, 11) is 0. The molecule has 0 aliphatic rings. The van der Waals surface area contributed by atoms with E-state index in [1.165, 1.54) is 5.56 Å². The van der Waals surface area contributed by atoms with Crippen LogP contribution in [0.1, 0.15) is 5.56 Å². The Hall–Kier alpha value is -1.07. The van der Waals surface area contributed by atoms with Gasteiger partial charge < -0.3 is 10.1 Å². The van der Waals surface area contributed by atoms with Crippen molar-refractivity contribution in [2.75, 3.05) is 26.3 Å². The molecule has 0 bridgehead atoms. The highest BCUT2D eigenvalue weighted by molar-refractivity contribution is 5.09. The van der Waals surface area contributed by atoms with Crippen molar-refractivity contribution in [2.45, 2.75) is 12.8 Å². The highest BCUT2D eigenvalue weighted by Crippen LogP contribution is 1.95. The second-order valence-electron chi connectivity index (χ2n) is 3.32. The van der Waals surface area contributed by atoms with Crippen molar-refractivity contribution in [2.24, 2.45) is 0 Å². The largest absolute Gasteiger partial charge is 0.374 e. The number of halogens is 2. The van der Waals surface area contributed by atoms with Crippen LogP contribution in [0.2, 0.25) is 0 Å². The van der Waals surface area contributed by atoms with E-state index in [4.69, 9.17) is 4.74 Å². The van der Waals surface area contributed by atoms with Crippen LogP contribution in [0.5, 0.6) is 0 Å². The van der Waals surface area contributed by atoms with Crippen LogP contribution in [-0.2, 0) is 11.2 Å². The Morgan fingerprint density at radius 3 is 2.69 bits per heavy atom. The number of hydrogen-bond acceptors (Lipinski definition) is 3. The number of aromatic nitrogens is 1. The summed E-state index contributed by atoms with van der Waals surface area (Å²) in [6.45, 7) is 1.24. The van der Waals surface area contributed by atoms with E-state index >= 15 is 0 Å². The summed E-state index contributed by atoms with van der Waals surface area (Å²) in [5.74, 6) is 0. The number of nitrogens with zero attached hydrogens (tertiary/aromatic N) is 1. The van der Waals surface area contributed by atoms with Crippen molar-refractivity contribution in [3.8, 4) is 0 Å². The molecule has 0 unspecified atom stereocenters. The molecular weight excluding hydrogens is 214 g/mol. The van der Waals surface area contributed by atoms with Crippen LogP contribution in [0.15, 0.2) is 24.5 Å². The lowest BCUT2D eigenvalue weighted by atomic mass is 10.2. The fourth-order valence-electron chi connectivity index (χ4n) is 1.22. The minimum absolute atomic E-state index is 0.320. The minimum atomic E-state index is -2.38. The number of pyridine rings is 1. The molecule has 0 saturated carbocycles. The van der Waals surface area contributed by atoms with Gasteiger partial charge in [0.15, 0.2) is 0 Å². The quantitative estimate of drug-likeness (QED) is 0.687. The highest BCUT2D eigenvalue weighted by atomic mass is 19.3. The molecule has 1 aromatic heterocycles. The van der Waals surface area contributed by atoms with Crippen LogP contribution >= 0.6 is 0 Å². The SMILES string of the molecule is FC(F)COCCNCCc1ccncc1. The van der Waals surface area contributed by atoms with E-state index in [0.29, 0.717) is 13.2 Å². The van der Waals surface area contributed by atoms with Crippen LogP contribution in [0.4, 0.5) is 8.78 Å². The maximum absolute atomic E-state index is 11.7. The summed E-state index contributed by atoms with van der Waals surface area (Å²) in [5, 5.41) is 3.12. The van der Waals surface area contributed by atoms with Gasteiger partial charge in [0.05, 0.1) is 6.61 Å². The molecule has 0 aliphatic heterocycles. The Morgan fingerprint density at radius 1 is 1.25 bits per heavy atom. The molecule has 1 heterocycles. The fourth-order valence-corrected chi connectivity index (χ4v) is 1.22. The van der Waals surface area contributed by atoms with E-state index in [1.807, 2.05) is 12.1 Å². The molecule has 1 N–H and O–H groups in total. The number of nitrogens with one attached hydrogen (secondary N) is 1. The molecule has 0 saturated heterocycles. The molecule has 0 amide bonds. The molecular formula is C11H16F2N2O. The Bertz CT molecular complexity index is 270. The van der Waals surface area contributed by atoms with Gasteiger partial charge in [-0.25, -0.2) is 8.78 Å². The molecule has 90 valence electrons. The Morgan fingerprint density at radius 2 is 2.00 bits per heavy atom. The van der Waals surface area contributed by atoms with E-state index in [1.54, 1.807) is 12.4 Å². The van der Waals surface area contributed by atoms with E-state index in [-0.39, 0.29) is 0 Å². The summed E-state index contributed by atoms with van der Waals surface area (Å²) < 4.78 is 28.1. The lowest BCUT2D eigenvalue weighted by Gasteiger charge is -2.05. The molecule has 0 aromatic carbocycles. The topological polar surface area (TPSA) is 34.1 Å². The van der Waals surface area contributed by atoms with Crippen LogP contribution < -0.4 is 5.32 Å². The van der Waals surface area contributed by atoms with Crippen molar-refractivity contribution >= 4 is 0 Å². The summed E-state index contributed by atoms with van der Waals surface area (Å²) in [5.41, 5.74) is 1.20. The van der Waals surface area contributed by atoms with Crippen LogP contribution in [0.3, 0.4) is 0 Å². The number of ether oxygens (including phenoxy) is 1. The molecule has 0 atom stereocenters. The Kier molecular flexibility index (Phi) is 6.60. The molecule has 3 nitrogen and oxygen atoms in total. The normalized spacial score (nSPS) is 10.9. The van der Waals surface area contributed by atoms with Gasteiger partial charge in [-0.2, -0.15) is 0 Å². The monoisotopic (exact) mass is 230 g/mol. The third-order valence-electron chi connectivity index (χ3n) is 2.01. The Balaban J connectivity index is 1.93. The van der Waals surface area contributed by atoms with Gasteiger partial charge in [-0.3, -0.25) is 4.98 Å². The molecule has 0 radical (unpaired) electrons. The smallest absolute Gasteiger partial charge is 0.261 e. The standard InChI is InChI=1S/C11H16F2N2O/c12-11(13)9-16-8-7-15-6-3-10-1-4-14-5-2-10/h1-2,4-5,11,15H,3,6-9H2. The summed E-state index contributed by atoms with van der Waals surface area (Å²) >= 11 is 0. The summed E-state index contributed by atoms with van der Waals surface area (Å²) in [6, 6.07) is 3.91. The maximum atomic E-state index is 11.7. The zero-order valence-electron chi connectivity index (χ0n) is 9.03. The van der Waals surface area contributed by atoms with Crippen LogP contribution in [0, 0.1) is 0 Å². The third kappa shape index (κ3) is 6.42. The van der Waals surface area contributed by atoms with Gasteiger partial charge in [-0.15, -0.1) is 0 Å². The van der Waals surface area contributed by atoms with Gasteiger partial charge in [0.2, 0.25) is 0 Å².